The van der Waals surface area contributed by atoms with E-state index in [9.17, 15) is 8.42 Å². The van der Waals surface area contributed by atoms with Crippen LogP contribution in [0.15, 0.2) is 0 Å². The predicted molar refractivity (Wildman–Crippen MR) is 60.1 cm³/mol. The first-order valence-corrected chi connectivity index (χ1v) is 6.12. The fourth-order valence-corrected chi connectivity index (χ4v) is 3.15. The molecule has 0 radical (unpaired) electrons. The summed E-state index contributed by atoms with van der Waals surface area (Å²) in [7, 11) is 0.129. The van der Waals surface area contributed by atoms with Crippen molar-refractivity contribution in [3.05, 3.63) is 0 Å². The quantitative estimate of drug-likeness (QED) is 0.770. The molecule has 0 bridgehead atoms. The average molecular weight is 243 g/mol. The lowest BCUT2D eigenvalue weighted by Gasteiger charge is -2.27. The minimum absolute atomic E-state index is 0. The van der Waals surface area contributed by atoms with E-state index in [0.717, 1.165) is 12.8 Å². The zero-order valence-electron chi connectivity index (χ0n) is 8.64. The van der Waals surface area contributed by atoms with Gasteiger partial charge in [-0.05, 0) is 25.7 Å². The van der Waals surface area contributed by atoms with Crippen LogP contribution in [-0.2, 0) is 10.0 Å². The van der Waals surface area contributed by atoms with Crippen LogP contribution >= 0.6 is 12.4 Å². The second-order valence-electron chi connectivity index (χ2n) is 3.86. The van der Waals surface area contributed by atoms with Crippen molar-refractivity contribution in [3.8, 4) is 0 Å². The fraction of sp³-hybridized carbons (Fsp3) is 1.00. The monoisotopic (exact) mass is 242 g/mol. The molecule has 1 fully saturated rings. The Bertz CT molecular complexity index is 259. The van der Waals surface area contributed by atoms with Crippen molar-refractivity contribution < 1.29 is 8.42 Å². The van der Waals surface area contributed by atoms with E-state index in [-0.39, 0.29) is 23.7 Å². The Labute approximate surface area is 92.3 Å². The highest BCUT2D eigenvalue weighted by molar-refractivity contribution is 7.89. The number of rotatable bonds is 2. The standard InChI is InChI=1S/C8H18N2O2S.ClH/c1-10(2)13(11,12)8-5-3-7(9)4-6-8;/h7-8H,3-6,9H2,1-2H3;1H. The van der Waals surface area contributed by atoms with Crippen LogP contribution in [0.2, 0.25) is 0 Å². The van der Waals surface area contributed by atoms with Crippen LogP contribution in [0.4, 0.5) is 0 Å². The molecule has 0 aromatic carbocycles. The van der Waals surface area contributed by atoms with Gasteiger partial charge in [0, 0.05) is 20.1 Å². The van der Waals surface area contributed by atoms with Crippen LogP contribution in [0.5, 0.6) is 0 Å². The Morgan fingerprint density at radius 1 is 1.14 bits per heavy atom. The molecular weight excluding hydrogens is 224 g/mol. The van der Waals surface area contributed by atoms with E-state index in [4.69, 9.17) is 5.73 Å². The van der Waals surface area contributed by atoms with Crippen LogP contribution in [0.3, 0.4) is 0 Å². The van der Waals surface area contributed by atoms with Gasteiger partial charge in [-0.2, -0.15) is 0 Å². The molecule has 0 aromatic heterocycles. The maximum absolute atomic E-state index is 11.7. The van der Waals surface area contributed by atoms with Gasteiger partial charge >= 0.3 is 0 Å². The van der Waals surface area contributed by atoms with E-state index in [1.165, 1.54) is 4.31 Å². The Morgan fingerprint density at radius 2 is 1.57 bits per heavy atom. The van der Waals surface area contributed by atoms with Crippen molar-refractivity contribution in [1.82, 2.24) is 4.31 Å². The lowest BCUT2D eigenvalue weighted by atomic mass is 9.96. The van der Waals surface area contributed by atoms with E-state index in [0.29, 0.717) is 12.8 Å². The smallest absolute Gasteiger partial charge is 0.216 e. The largest absolute Gasteiger partial charge is 0.328 e. The van der Waals surface area contributed by atoms with Gasteiger partial charge in [-0.3, -0.25) is 0 Å². The number of nitrogens with two attached hydrogens (primary N) is 1. The number of sulfonamides is 1. The van der Waals surface area contributed by atoms with Gasteiger partial charge in [0.1, 0.15) is 0 Å². The highest BCUT2D eigenvalue weighted by Crippen LogP contribution is 2.24. The number of hydrogen-bond donors (Lipinski definition) is 1. The second kappa shape index (κ2) is 5.30. The number of halogens is 1. The van der Waals surface area contributed by atoms with Crippen molar-refractivity contribution in [2.24, 2.45) is 5.73 Å². The third-order valence-electron chi connectivity index (χ3n) is 2.65. The summed E-state index contributed by atoms with van der Waals surface area (Å²) in [5.41, 5.74) is 5.71. The average Bonchev–Trinajstić information content (AvgIpc) is 2.04. The molecule has 6 heteroatoms. The summed E-state index contributed by atoms with van der Waals surface area (Å²) in [6.45, 7) is 0. The topological polar surface area (TPSA) is 63.4 Å². The van der Waals surface area contributed by atoms with E-state index in [1.54, 1.807) is 14.1 Å². The molecule has 0 heterocycles. The SMILES string of the molecule is CN(C)S(=O)(=O)C1CCC(N)CC1.Cl. The summed E-state index contributed by atoms with van der Waals surface area (Å²) in [4.78, 5) is 0. The van der Waals surface area contributed by atoms with E-state index in [1.807, 2.05) is 0 Å². The van der Waals surface area contributed by atoms with Gasteiger partial charge in [0.15, 0.2) is 0 Å². The van der Waals surface area contributed by atoms with E-state index in [2.05, 4.69) is 0 Å². The second-order valence-corrected chi connectivity index (χ2v) is 6.29. The molecule has 4 nitrogen and oxygen atoms in total. The summed E-state index contributed by atoms with van der Waals surface area (Å²) in [5, 5.41) is -0.206. The van der Waals surface area contributed by atoms with Crippen LogP contribution in [-0.4, -0.2) is 38.1 Å². The van der Waals surface area contributed by atoms with Crippen molar-refractivity contribution >= 4 is 22.4 Å². The van der Waals surface area contributed by atoms with Crippen LogP contribution in [0.25, 0.3) is 0 Å². The lowest BCUT2D eigenvalue weighted by Crippen LogP contribution is -2.38. The molecule has 86 valence electrons. The van der Waals surface area contributed by atoms with Crippen molar-refractivity contribution in [3.63, 3.8) is 0 Å². The van der Waals surface area contributed by atoms with Crippen LogP contribution < -0.4 is 5.73 Å². The number of nitrogens with zero attached hydrogens (tertiary/aromatic N) is 1. The minimum Gasteiger partial charge on any atom is -0.328 e. The highest BCUT2D eigenvalue weighted by Gasteiger charge is 2.30. The minimum atomic E-state index is -3.05. The lowest BCUT2D eigenvalue weighted by molar-refractivity contribution is 0.416. The van der Waals surface area contributed by atoms with Gasteiger partial charge in [-0.15, -0.1) is 12.4 Å². The molecule has 0 atom stereocenters. The molecule has 1 aliphatic rings. The van der Waals surface area contributed by atoms with Crippen LogP contribution in [0.1, 0.15) is 25.7 Å². The van der Waals surface area contributed by atoms with Crippen molar-refractivity contribution in [1.29, 1.82) is 0 Å². The molecule has 0 amide bonds. The first-order chi connectivity index (χ1) is 5.94. The van der Waals surface area contributed by atoms with Crippen LogP contribution in [0, 0.1) is 0 Å². The molecular formula is C8H19ClN2O2S. The summed E-state index contributed by atoms with van der Waals surface area (Å²) in [6.07, 6.45) is 3.08. The van der Waals surface area contributed by atoms with Gasteiger partial charge in [-0.25, -0.2) is 12.7 Å². The first-order valence-electron chi connectivity index (χ1n) is 4.61. The third-order valence-corrected chi connectivity index (χ3v) is 4.98. The summed E-state index contributed by atoms with van der Waals surface area (Å²) in [6, 6.07) is 0.202. The Morgan fingerprint density at radius 3 is 1.93 bits per heavy atom. The zero-order chi connectivity index (χ0) is 10.1. The van der Waals surface area contributed by atoms with Crippen molar-refractivity contribution in [2.45, 2.75) is 37.0 Å². The van der Waals surface area contributed by atoms with Gasteiger partial charge in [0.25, 0.3) is 0 Å². The highest BCUT2D eigenvalue weighted by atomic mass is 35.5. The molecule has 0 saturated heterocycles. The molecule has 0 aliphatic heterocycles. The van der Waals surface area contributed by atoms with Crippen molar-refractivity contribution in [2.75, 3.05) is 14.1 Å². The summed E-state index contributed by atoms with van der Waals surface area (Å²) < 4.78 is 24.7. The maximum atomic E-state index is 11.7. The molecule has 0 unspecified atom stereocenters. The van der Waals surface area contributed by atoms with Gasteiger partial charge in [0.05, 0.1) is 5.25 Å². The molecule has 2 N–H and O–H groups in total. The number of hydrogen-bond acceptors (Lipinski definition) is 3. The van der Waals surface area contributed by atoms with E-state index >= 15 is 0 Å². The zero-order valence-corrected chi connectivity index (χ0v) is 10.3. The molecule has 1 saturated carbocycles. The van der Waals surface area contributed by atoms with Gasteiger partial charge in [-0.1, -0.05) is 0 Å². The molecule has 0 aromatic rings. The molecule has 14 heavy (non-hydrogen) atoms. The maximum Gasteiger partial charge on any atom is 0.216 e. The van der Waals surface area contributed by atoms with Gasteiger partial charge < -0.3 is 5.73 Å². The Kier molecular flexibility index (Phi) is 5.36. The Balaban J connectivity index is 0.00000169. The molecule has 1 rings (SSSR count). The predicted octanol–water partition coefficient (Wildman–Crippen LogP) is 0.570. The fourth-order valence-electron chi connectivity index (χ4n) is 1.68. The summed E-state index contributed by atoms with van der Waals surface area (Å²) in [5.74, 6) is 0. The normalized spacial score (nSPS) is 28.6. The van der Waals surface area contributed by atoms with E-state index < -0.39 is 10.0 Å². The molecule has 0 spiro atoms. The summed E-state index contributed by atoms with van der Waals surface area (Å²) >= 11 is 0. The third kappa shape index (κ3) is 3.08. The Hall–Kier alpha value is 0.160. The molecule has 1 aliphatic carbocycles. The first kappa shape index (κ1) is 14.2. The van der Waals surface area contributed by atoms with Gasteiger partial charge in [0.2, 0.25) is 10.0 Å².